The van der Waals surface area contributed by atoms with E-state index in [1.165, 1.54) is 39.7 Å². The number of hydrazone groups is 1. The topological polar surface area (TPSA) is 79.2 Å². The molecule has 1 N–H and O–H groups in total. The minimum absolute atomic E-state index is 0.0586. The Morgan fingerprint density at radius 1 is 1.12 bits per heavy atom. The van der Waals surface area contributed by atoms with Gasteiger partial charge in [-0.3, -0.25) is 4.79 Å². The molecule has 0 spiro atoms. The van der Waals surface area contributed by atoms with Crippen LogP contribution in [-0.2, 0) is 9.53 Å². The molecular weight excluding hydrogens is 456 g/mol. The lowest BCUT2D eigenvalue weighted by Gasteiger charge is -2.28. The Kier molecular flexibility index (Phi) is 6.11. The van der Waals surface area contributed by atoms with E-state index in [-0.39, 0.29) is 29.2 Å². The number of esters is 1. The fraction of sp³-hybridized carbons (Fsp3) is 0.240. The molecule has 168 valence electrons. The summed E-state index contributed by atoms with van der Waals surface area (Å²) < 4.78 is 5.28. The maximum atomic E-state index is 13.2. The number of hydrogen-bond acceptors (Lipinski definition) is 7. The summed E-state index contributed by atoms with van der Waals surface area (Å²) in [6.07, 6.45) is 5.11. The van der Waals surface area contributed by atoms with Gasteiger partial charge in [0.2, 0.25) is 0 Å². The molecule has 33 heavy (non-hydrogen) atoms. The van der Waals surface area contributed by atoms with Crippen LogP contribution >= 0.6 is 22.7 Å². The molecule has 6 nitrogen and oxygen atoms in total. The summed E-state index contributed by atoms with van der Waals surface area (Å²) in [6, 6.07) is 13.7. The molecular formula is C25H22N2O4S2. The predicted molar refractivity (Wildman–Crippen MR) is 129 cm³/mol. The zero-order valence-electron chi connectivity index (χ0n) is 17.7. The van der Waals surface area contributed by atoms with E-state index in [2.05, 4.69) is 17.5 Å². The summed E-state index contributed by atoms with van der Waals surface area (Å²) in [5.74, 6) is -0.778. The largest absolute Gasteiger partial charge is 0.508 e. The standard InChI is InChI=1S/C25H22N2O4S2/c28-18-10-8-16(9-11-18)25(30)31-15-22(29)27-24(21-7-3-13-33-21)20-6-1-4-17(23(20)26-27)14-19-5-2-12-32-19/h2-3,5,7-14,20,24,28H,1,4,6,15H2. The average Bonchev–Trinajstić information content (AvgIpc) is 3.58. The van der Waals surface area contributed by atoms with Crippen molar-refractivity contribution in [3.8, 4) is 5.75 Å². The lowest BCUT2D eigenvalue weighted by atomic mass is 9.79. The third-order valence-corrected chi connectivity index (χ3v) is 7.64. The van der Waals surface area contributed by atoms with Crippen LogP contribution in [0.15, 0.2) is 70.0 Å². The van der Waals surface area contributed by atoms with Crippen LogP contribution in [0.1, 0.15) is 45.4 Å². The molecule has 3 aromatic rings. The number of hydrogen-bond donors (Lipinski definition) is 1. The average molecular weight is 479 g/mol. The van der Waals surface area contributed by atoms with Crippen molar-refractivity contribution in [2.24, 2.45) is 11.0 Å². The molecule has 0 saturated heterocycles. The normalized spacial score (nSPS) is 21.0. The number of benzene rings is 1. The predicted octanol–water partition coefficient (Wildman–Crippen LogP) is 5.50. The van der Waals surface area contributed by atoms with Crippen LogP contribution in [0.4, 0.5) is 0 Å². The molecule has 1 fully saturated rings. The van der Waals surface area contributed by atoms with Crippen LogP contribution in [0.2, 0.25) is 0 Å². The maximum absolute atomic E-state index is 13.2. The van der Waals surface area contributed by atoms with Gasteiger partial charge in [-0.1, -0.05) is 12.1 Å². The highest BCUT2D eigenvalue weighted by Gasteiger charge is 2.44. The third-order valence-electron chi connectivity index (χ3n) is 5.88. The fourth-order valence-electron chi connectivity index (χ4n) is 4.36. The van der Waals surface area contributed by atoms with Gasteiger partial charge in [-0.2, -0.15) is 5.10 Å². The van der Waals surface area contributed by atoms with Gasteiger partial charge in [0, 0.05) is 15.7 Å². The Labute approximate surface area is 199 Å². The van der Waals surface area contributed by atoms with Gasteiger partial charge in [0.05, 0.1) is 17.3 Å². The van der Waals surface area contributed by atoms with Gasteiger partial charge in [-0.25, -0.2) is 9.80 Å². The van der Waals surface area contributed by atoms with Crippen LogP contribution in [0.25, 0.3) is 6.08 Å². The first kappa shape index (κ1) is 21.6. The molecule has 1 saturated carbocycles. The molecule has 2 atom stereocenters. The second-order valence-corrected chi connectivity index (χ2v) is 9.95. The Bertz CT molecular complexity index is 1200. The van der Waals surface area contributed by atoms with Crippen molar-refractivity contribution in [3.05, 3.63) is 80.2 Å². The van der Waals surface area contributed by atoms with Gasteiger partial charge < -0.3 is 9.84 Å². The summed E-state index contributed by atoms with van der Waals surface area (Å²) in [6.45, 7) is -0.394. The summed E-state index contributed by atoms with van der Waals surface area (Å²) in [4.78, 5) is 27.8. The highest BCUT2D eigenvalue weighted by atomic mass is 32.1. The van der Waals surface area contributed by atoms with Crippen molar-refractivity contribution in [1.82, 2.24) is 5.01 Å². The number of carbonyl (C=O) groups excluding carboxylic acids is 2. The SMILES string of the molecule is O=C(OCC(=O)N1N=C2C(=Cc3cccs3)CCCC2C1c1cccs1)c1ccc(O)cc1. The third kappa shape index (κ3) is 4.49. The molecule has 1 aliphatic carbocycles. The number of carbonyl (C=O) groups is 2. The number of fused-ring (bicyclic) bond motifs is 1. The number of thiophene rings is 2. The number of rotatable bonds is 5. The highest BCUT2D eigenvalue weighted by Crippen LogP contribution is 2.45. The molecule has 1 aromatic carbocycles. The van der Waals surface area contributed by atoms with Gasteiger partial charge in [-0.15, -0.1) is 22.7 Å². The van der Waals surface area contributed by atoms with Crippen molar-refractivity contribution >= 4 is 46.3 Å². The van der Waals surface area contributed by atoms with Crippen molar-refractivity contribution < 1.29 is 19.4 Å². The lowest BCUT2D eigenvalue weighted by Crippen LogP contribution is -2.34. The van der Waals surface area contributed by atoms with Crippen molar-refractivity contribution in [2.75, 3.05) is 6.61 Å². The molecule has 0 bridgehead atoms. The van der Waals surface area contributed by atoms with Gasteiger partial charge in [0.15, 0.2) is 6.61 Å². The number of phenols is 1. The number of ether oxygens (including phenoxy) is 1. The fourth-order valence-corrected chi connectivity index (χ4v) is 5.92. The van der Waals surface area contributed by atoms with Crippen molar-refractivity contribution in [1.29, 1.82) is 0 Å². The number of nitrogens with zero attached hydrogens (tertiary/aromatic N) is 2. The molecule has 8 heteroatoms. The van der Waals surface area contributed by atoms with E-state index in [9.17, 15) is 14.7 Å². The summed E-state index contributed by atoms with van der Waals surface area (Å²) >= 11 is 3.29. The zero-order chi connectivity index (χ0) is 22.8. The van der Waals surface area contributed by atoms with E-state index < -0.39 is 12.6 Å². The Morgan fingerprint density at radius 3 is 2.64 bits per heavy atom. The van der Waals surface area contributed by atoms with Gasteiger partial charge >= 0.3 is 5.97 Å². The number of allylic oxidation sites excluding steroid dienone is 1. The summed E-state index contributed by atoms with van der Waals surface area (Å²) in [7, 11) is 0. The second kappa shape index (κ2) is 9.33. The smallest absolute Gasteiger partial charge is 0.338 e. The highest BCUT2D eigenvalue weighted by molar-refractivity contribution is 7.11. The first-order valence-electron chi connectivity index (χ1n) is 10.7. The van der Waals surface area contributed by atoms with E-state index in [1.807, 2.05) is 23.6 Å². The number of phenolic OH excluding ortho intramolecular Hbond substituents is 1. The van der Waals surface area contributed by atoms with E-state index in [4.69, 9.17) is 9.84 Å². The Hall–Kier alpha value is -3.23. The number of aromatic hydroxyl groups is 1. The quantitative estimate of drug-likeness (QED) is 0.492. The molecule has 2 aliphatic rings. The van der Waals surface area contributed by atoms with E-state index in [1.54, 1.807) is 22.7 Å². The monoisotopic (exact) mass is 478 g/mol. The molecule has 2 aromatic heterocycles. The minimum Gasteiger partial charge on any atom is -0.508 e. The van der Waals surface area contributed by atoms with Gasteiger partial charge in [0.25, 0.3) is 5.91 Å². The van der Waals surface area contributed by atoms with Crippen molar-refractivity contribution in [2.45, 2.75) is 25.3 Å². The first-order valence-corrected chi connectivity index (χ1v) is 12.5. The first-order chi connectivity index (χ1) is 16.1. The Morgan fingerprint density at radius 2 is 1.91 bits per heavy atom. The van der Waals surface area contributed by atoms with Crippen LogP contribution in [0, 0.1) is 5.92 Å². The van der Waals surface area contributed by atoms with Gasteiger partial charge in [0.1, 0.15) is 5.75 Å². The van der Waals surface area contributed by atoms with E-state index >= 15 is 0 Å². The molecule has 0 radical (unpaired) electrons. The molecule has 1 aliphatic heterocycles. The Balaban J connectivity index is 1.39. The van der Waals surface area contributed by atoms with Crippen LogP contribution < -0.4 is 0 Å². The van der Waals surface area contributed by atoms with Crippen LogP contribution in [-0.4, -0.2) is 34.3 Å². The van der Waals surface area contributed by atoms with E-state index in [0.717, 1.165) is 29.9 Å². The van der Waals surface area contributed by atoms with Crippen LogP contribution in [0.5, 0.6) is 5.75 Å². The molecule has 2 unspecified atom stereocenters. The summed E-state index contributed by atoms with van der Waals surface area (Å²) in [5.41, 5.74) is 2.41. The molecule has 5 rings (SSSR count). The molecule has 3 heterocycles. The van der Waals surface area contributed by atoms with Crippen molar-refractivity contribution in [3.63, 3.8) is 0 Å². The maximum Gasteiger partial charge on any atom is 0.338 e. The molecule has 1 amide bonds. The lowest BCUT2D eigenvalue weighted by molar-refractivity contribution is -0.136. The second-order valence-electron chi connectivity index (χ2n) is 7.99. The van der Waals surface area contributed by atoms with Gasteiger partial charge in [-0.05, 0) is 78.1 Å². The minimum atomic E-state index is -0.612. The van der Waals surface area contributed by atoms with E-state index in [0.29, 0.717) is 0 Å². The number of amides is 1. The van der Waals surface area contributed by atoms with Crippen LogP contribution in [0.3, 0.4) is 0 Å². The summed E-state index contributed by atoms with van der Waals surface area (Å²) in [5, 5.41) is 19.8. The zero-order valence-corrected chi connectivity index (χ0v) is 19.3.